The van der Waals surface area contributed by atoms with Crippen molar-refractivity contribution in [1.82, 2.24) is 0 Å². The van der Waals surface area contributed by atoms with Gasteiger partial charge in [-0.3, -0.25) is 17.2 Å². The van der Waals surface area contributed by atoms with Crippen LogP contribution in [0, 0.1) is 0 Å². The molecule has 0 amide bonds. The van der Waals surface area contributed by atoms with Crippen molar-refractivity contribution in [2.24, 2.45) is 17.2 Å². The van der Waals surface area contributed by atoms with Crippen LogP contribution in [0.15, 0.2) is 24.7 Å². The minimum Gasteiger partial charge on any atom is -0.499 e. The van der Waals surface area contributed by atoms with Crippen molar-refractivity contribution in [3.05, 3.63) is 24.7 Å². The van der Waals surface area contributed by atoms with Gasteiger partial charge in [-0.2, -0.15) is 0 Å². The zero-order valence-electron chi connectivity index (χ0n) is 10.7. The van der Waals surface area contributed by atoms with Crippen LogP contribution in [0.5, 0.6) is 0 Å². The first-order valence-corrected chi connectivity index (χ1v) is 7.47. The highest BCUT2D eigenvalue weighted by Gasteiger charge is 2.47. The summed E-state index contributed by atoms with van der Waals surface area (Å²) in [5.74, 6) is -1.77. The molecular weight excluding hydrogens is 238 g/mol. The van der Waals surface area contributed by atoms with Gasteiger partial charge in [0, 0.05) is 6.04 Å². The van der Waals surface area contributed by atoms with Gasteiger partial charge in [0.05, 0.1) is 12.5 Å². The molecule has 0 atom stereocenters. The Labute approximate surface area is 104 Å². The molecular formula is C10H23N3O3Si. The Morgan fingerprint density at radius 1 is 1.06 bits per heavy atom. The minimum atomic E-state index is -3.02. The van der Waals surface area contributed by atoms with Gasteiger partial charge in [0.2, 0.25) is 5.97 Å². The van der Waals surface area contributed by atoms with Crippen LogP contribution in [-0.2, 0) is 13.3 Å². The molecule has 0 aromatic rings. The molecule has 6 N–H and O–H groups in total. The van der Waals surface area contributed by atoms with Gasteiger partial charge in [-0.25, -0.2) is 0 Å². The van der Waals surface area contributed by atoms with Gasteiger partial charge >= 0.3 is 8.80 Å². The molecule has 0 radical (unpaired) electrons. The molecule has 0 bridgehead atoms. The van der Waals surface area contributed by atoms with E-state index in [1.807, 2.05) is 20.8 Å². The average molecular weight is 261 g/mol. The maximum absolute atomic E-state index is 5.52. The van der Waals surface area contributed by atoms with E-state index in [1.165, 1.54) is 12.5 Å². The number of nitrogens with two attached hydrogens (primary N) is 3. The van der Waals surface area contributed by atoms with E-state index in [0.717, 1.165) is 6.42 Å². The Bertz CT molecular complexity index is 250. The van der Waals surface area contributed by atoms with Crippen molar-refractivity contribution in [3.63, 3.8) is 0 Å². The van der Waals surface area contributed by atoms with Crippen LogP contribution in [0.2, 0.25) is 6.04 Å². The molecule has 0 aliphatic carbocycles. The predicted molar refractivity (Wildman–Crippen MR) is 69.0 cm³/mol. The van der Waals surface area contributed by atoms with Crippen LogP contribution >= 0.6 is 0 Å². The Morgan fingerprint density at radius 3 is 1.82 bits per heavy atom. The van der Waals surface area contributed by atoms with E-state index in [2.05, 4.69) is 0 Å². The summed E-state index contributed by atoms with van der Waals surface area (Å²) >= 11 is 0. The van der Waals surface area contributed by atoms with Crippen molar-refractivity contribution >= 4 is 8.80 Å². The molecule has 0 spiro atoms. The largest absolute Gasteiger partial charge is 0.634 e. The topological polar surface area (TPSA) is 106 Å². The van der Waals surface area contributed by atoms with E-state index in [1.54, 1.807) is 12.2 Å². The lowest BCUT2D eigenvalue weighted by Crippen LogP contribution is -2.66. The first kappa shape index (κ1) is 16.1. The maximum Gasteiger partial charge on any atom is 0.634 e. The normalized spacial score (nSPS) is 16.4. The van der Waals surface area contributed by atoms with Crippen molar-refractivity contribution < 1.29 is 13.3 Å². The molecule has 17 heavy (non-hydrogen) atoms. The van der Waals surface area contributed by atoms with Gasteiger partial charge in [-0.15, -0.1) is 0 Å². The number of rotatable bonds is 8. The highest BCUT2D eigenvalue weighted by Crippen LogP contribution is 2.20. The number of hydrogen-bond acceptors (Lipinski definition) is 6. The van der Waals surface area contributed by atoms with E-state index in [-0.39, 0.29) is 0 Å². The van der Waals surface area contributed by atoms with Crippen LogP contribution in [0.4, 0.5) is 0 Å². The molecule has 7 heteroatoms. The van der Waals surface area contributed by atoms with Crippen LogP contribution in [-0.4, -0.2) is 14.8 Å². The monoisotopic (exact) mass is 261 g/mol. The highest BCUT2D eigenvalue weighted by molar-refractivity contribution is 6.61. The predicted octanol–water partition coefficient (Wildman–Crippen LogP) is 0.940. The molecule has 0 aromatic carbocycles. The Balaban J connectivity index is 4.92. The van der Waals surface area contributed by atoms with Crippen LogP contribution in [0.3, 0.4) is 0 Å². The van der Waals surface area contributed by atoms with Gasteiger partial charge in [0.1, 0.15) is 0 Å². The smallest absolute Gasteiger partial charge is 0.499 e. The second kappa shape index (κ2) is 7.46. The third-order valence-electron chi connectivity index (χ3n) is 1.66. The van der Waals surface area contributed by atoms with Crippen LogP contribution in [0.1, 0.15) is 27.2 Å². The van der Waals surface area contributed by atoms with E-state index in [4.69, 9.17) is 30.5 Å². The van der Waals surface area contributed by atoms with E-state index >= 15 is 0 Å². The molecule has 0 saturated carbocycles. The summed E-state index contributed by atoms with van der Waals surface area (Å²) in [7, 11) is -3.02. The molecule has 0 heterocycles. The van der Waals surface area contributed by atoms with E-state index in [9.17, 15) is 0 Å². The highest BCUT2D eigenvalue weighted by atomic mass is 28.4. The summed E-state index contributed by atoms with van der Waals surface area (Å²) in [6, 6.07) is 0.565. The first-order valence-electron chi connectivity index (χ1n) is 5.54. The third-order valence-corrected chi connectivity index (χ3v) is 4.42. The Morgan fingerprint density at radius 2 is 1.53 bits per heavy atom. The zero-order chi connectivity index (χ0) is 13.4. The quantitative estimate of drug-likeness (QED) is 0.341. The summed E-state index contributed by atoms with van der Waals surface area (Å²) in [5, 5.41) is 0. The fraction of sp³-hybridized carbons (Fsp3) is 0.600. The molecule has 0 aliphatic rings. The third kappa shape index (κ3) is 7.13. The number of allylic oxidation sites excluding steroid dienone is 2. The molecule has 0 unspecified atom stereocenters. The number of hydrogen-bond donors (Lipinski definition) is 3. The van der Waals surface area contributed by atoms with Crippen molar-refractivity contribution in [1.29, 1.82) is 0 Å². The molecule has 6 nitrogen and oxygen atoms in total. The van der Waals surface area contributed by atoms with E-state index < -0.39 is 14.8 Å². The molecule has 0 saturated heterocycles. The van der Waals surface area contributed by atoms with Crippen molar-refractivity contribution in [2.75, 3.05) is 0 Å². The van der Waals surface area contributed by atoms with Gasteiger partial charge < -0.3 is 13.3 Å². The van der Waals surface area contributed by atoms with Gasteiger partial charge in [0.15, 0.2) is 0 Å². The lowest BCUT2D eigenvalue weighted by atomic mass is 10.6. The summed E-state index contributed by atoms with van der Waals surface area (Å²) in [6.45, 7) is 5.62. The second-order valence-electron chi connectivity index (χ2n) is 3.56. The molecule has 0 aromatic heterocycles. The summed E-state index contributed by atoms with van der Waals surface area (Å²) in [6.07, 6.45) is 7.25. The second-order valence-corrected chi connectivity index (χ2v) is 6.10. The Hall–Kier alpha value is -0.863. The summed E-state index contributed by atoms with van der Waals surface area (Å²) < 4.78 is 16.4. The SMILES string of the molecule is CC=CO[Si](CCC)(OC=CC)OC(N)(N)N. The van der Waals surface area contributed by atoms with Crippen molar-refractivity contribution in [3.8, 4) is 0 Å². The summed E-state index contributed by atoms with van der Waals surface area (Å²) in [4.78, 5) is 0. The lowest BCUT2D eigenvalue weighted by Gasteiger charge is -2.32. The average Bonchev–Trinajstić information content (AvgIpc) is 2.22. The standard InChI is InChI=1S/C10H23N3O3Si/c1-4-7-14-17(9-6-3,15-8-5-2)16-10(11,12)13/h4-5,7-8H,6,9,11-13H2,1-3H3. The molecule has 0 fully saturated rings. The first-order chi connectivity index (χ1) is 7.89. The van der Waals surface area contributed by atoms with Gasteiger partial charge in [-0.05, 0) is 20.3 Å². The summed E-state index contributed by atoms with van der Waals surface area (Å²) in [5.41, 5.74) is 16.4. The fourth-order valence-corrected chi connectivity index (χ4v) is 3.49. The lowest BCUT2D eigenvalue weighted by molar-refractivity contribution is 0.00649. The van der Waals surface area contributed by atoms with Gasteiger partial charge in [-0.1, -0.05) is 19.1 Å². The maximum atomic E-state index is 5.52. The molecule has 0 aliphatic heterocycles. The zero-order valence-corrected chi connectivity index (χ0v) is 11.7. The van der Waals surface area contributed by atoms with Gasteiger partial charge in [0.25, 0.3) is 0 Å². The van der Waals surface area contributed by atoms with Crippen LogP contribution < -0.4 is 17.2 Å². The molecule has 0 rings (SSSR count). The molecule has 100 valence electrons. The van der Waals surface area contributed by atoms with Crippen molar-refractivity contribution in [2.45, 2.75) is 39.2 Å². The Kier molecular flexibility index (Phi) is 7.08. The minimum absolute atomic E-state index is 0.565. The van der Waals surface area contributed by atoms with E-state index in [0.29, 0.717) is 6.04 Å². The van der Waals surface area contributed by atoms with Crippen LogP contribution in [0.25, 0.3) is 0 Å². The fourth-order valence-electron chi connectivity index (χ4n) is 1.16.